The van der Waals surface area contributed by atoms with Crippen LogP contribution in [-0.2, 0) is 6.42 Å². The van der Waals surface area contributed by atoms with E-state index >= 15 is 0 Å². The van der Waals surface area contributed by atoms with Crippen molar-refractivity contribution in [2.45, 2.75) is 12.5 Å². The van der Waals surface area contributed by atoms with Crippen molar-refractivity contribution in [2.24, 2.45) is 5.92 Å². The molecule has 4 rings (SSSR count). The summed E-state index contributed by atoms with van der Waals surface area (Å²) in [7, 11) is 7.62. The highest BCUT2D eigenvalue weighted by Crippen LogP contribution is 2.37. The SMILES string of the molecule is COc1cc2ncnc(N3CC(Cc4ccccc4)C(N(C)C)C3)c2cc1OC. The Hall–Kier alpha value is -2.86. The van der Waals surface area contributed by atoms with E-state index in [1.807, 2.05) is 12.1 Å². The quantitative estimate of drug-likeness (QED) is 0.642. The predicted molar refractivity (Wildman–Crippen MR) is 116 cm³/mol. The van der Waals surface area contributed by atoms with Gasteiger partial charge in [0.15, 0.2) is 11.5 Å². The Labute approximate surface area is 172 Å². The van der Waals surface area contributed by atoms with E-state index in [0.717, 1.165) is 36.2 Å². The number of benzene rings is 2. The molecular formula is C23H28N4O2. The Kier molecular flexibility index (Phi) is 5.53. The van der Waals surface area contributed by atoms with E-state index < -0.39 is 0 Å². The van der Waals surface area contributed by atoms with Gasteiger partial charge < -0.3 is 19.3 Å². The Bertz CT molecular complexity index is 977. The molecule has 0 N–H and O–H groups in total. The summed E-state index contributed by atoms with van der Waals surface area (Å²) in [6.07, 6.45) is 2.69. The number of likely N-dealkylation sites (N-methyl/N-ethyl adjacent to an activating group) is 1. The molecule has 152 valence electrons. The molecule has 6 heteroatoms. The van der Waals surface area contributed by atoms with Crippen LogP contribution >= 0.6 is 0 Å². The molecule has 0 saturated carbocycles. The summed E-state index contributed by atoms with van der Waals surface area (Å²) in [6.45, 7) is 1.89. The second-order valence-corrected chi connectivity index (χ2v) is 7.81. The van der Waals surface area contributed by atoms with Gasteiger partial charge in [0.2, 0.25) is 0 Å². The first-order chi connectivity index (χ1) is 14.1. The molecule has 3 aromatic rings. The van der Waals surface area contributed by atoms with Gasteiger partial charge in [0.05, 0.1) is 19.7 Å². The third-order valence-corrected chi connectivity index (χ3v) is 5.83. The average molecular weight is 393 g/mol. The number of ether oxygens (including phenoxy) is 2. The van der Waals surface area contributed by atoms with Crippen LogP contribution in [0, 0.1) is 5.92 Å². The van der Waals surface area contributed by atoms with Crippen molar-refractivity contribution in [1.82, 2.24) is 14.9 Å². The number of anilines is 1. The molecule has 1 saturated heterocycles. The minimum absolute atomic E-state index is 0.459. The molecule has 1 aromatic heterocycles. The van der Waals surface area contributed by atoms with Crippen molar-refractivity contribution < 1.29 is 9.47 Å². The van der Waals surface area contributed by atoms with Crippen LogP contribution in [0.3, 0.4) is 0 Å². The molecule has 6 nitrogen and oxygen atoms in total. The van der Waals surface area contributed by atoms with E-state index in [0.29, 0.717) is 23.5 Å². The molecular weight excluding hydrogens is 364 g/mol. The first-order valence-corrected chi connectivity index (χ1v) is 9.92. The van der Waals surface area contributed by atoms with Gasteiger partial charge in [0.1, 0.15) is 12.1 Å². The minimum atomic E-state index is 0.459. The zero-order valence-corrected chi connectivity index (χ0v) is 17.5. The molecule has 29 heavy (non-hydrogen) atoms. The first kappa shape index (κ1) is 19.5. The number of fused-ring (bicyclic) bond motifs is 1. The molecule has 0 aliphatic carbocycles. The lowest BCUT2D eigenvalue weighted by Gasteiger charge is -2.25. The van der Waals surface area contributed by atoms with Crippen LogP contribution in [0.4, 0.5) is 5.82 Å². The largest absolute Gasteiger partial charge is 0.493 e. The summed E-state index contributed by atoms with van der Waals surface area (Å²) in [5.41, 5.74) is 2.24. The molecule has 1 fully saturated rings. The Morgan fingerprint density at radius 3 is 2.41 bits per heavy atom. The fraction of sp³-hybridized carbons (Fsp3) is 0.391. The Balaban J connectivity index is 1.68. The lowest BCUT2D eigenvalue weighted by atomic mass is 9.94. The van der Waals surface area contributed by atoms with Crippen molar-refractivity contribution >= 4 is 16.7 Å². The molecule has 1 aliphatic heterocycles. The summed E-state index contributed by atoms with van der Waals surface area (Å²) in [5.74, 6) is 2.86. The summed E-state index contributed by atoms with van der Waals surface area (Å²) < 4.78 is 11.0. The van der Waals surface area contributed by atoms with Crippen LogP contribution in [-0.4, -0.2) is 62.3 Å². The number of nitrogens with zero attached hydrogens (tertiary/aromatic N) is 4. The third kappa shape index (κ3) is 3.85. The van der Waals surface area contributed by atoms with Gasteiger partial charge in [-0.25, -0.2) is 9.97 Å². The zero-order valence-electron chi connectivity index (χ0n) is 17.5. The maximum atomic E-state index is 5.51. The number of rotatable bonds is 6. The summed E-state index contributed by atoms with van der Waals surface area (Å²) in [6, 6.07) is 15.1. The van der Waals surface area contributed by atoms with Gasteiger partial charge >= 0.3 is 0 Å². The smallest absolute Gasteiger partial charge is 0.162 e. The third-order valence-electron chi connectivity index (χ3n) is 5.83. The van der Waals surface area contributed by atoms with Crippen molar-refractivity contribution in [3.8, 4) is 11.5 Å². The van der Waals surface area contributed by atoms with Gasteiger partial charge in [-0.15, -0.1) is 0 Å². The second kappa shape index (κ2) is 8.25. The van der Waals surface area contributed by atoms with Gasteiger partial charge in [0, 0.05) is 30.6 Å². The first-order valence-electron chi connectivity index (χ1n) is 9.92. The van der Waals surface area contributed by atoms with Gasteiger partial charge in [-0.2, -0.15) is 0 Å². The monoisotopic (exact) mass is 392 g/mol. The number of methoxy groups -OCH3 is 2. The molecule has 2 heterocycles. The standard InChI is InChI=1S/C23H28N4O2/c1-26(2)20-14-27(13-17(20)10-16-8-6-5-7-9-16)23-18-11-21(28-3)22(29-4)12-19(18)24-15-25-23/h5-9,11-12,15,17,20H,10,13-14H2,1-4H3. The van der Waals surface area contributed by atoms with Crippen LogP contribution < -0.4 is 14.4 Å². The molecule has 2 atom stereocenters. The van der Waals surface area contributed by atoms with E-state index in [1.165, 1.54) is 5.56 Å². The van der Waals surface area contributed by atoms with Crippen molar-refractivity contribution in [3.63, 3.8) is 0 Å². The molecule has 0 bridgehead atoms. The van der Waals surface area contributed by atoms with E-state index in [4.69, 9.17) is 9.47 Å². The normalized spacial score (nSPS) is 19.1. The fourth-order valence-corrected chi connectivity index (χ4v) is 4.35. The summed E-state index contributed by atoms with van der Waals surface area (Å²) in [5, 5.41) is 0.989. The highest BCUT2D eigenvalue weighted by atomic mass is 16.5. The maximum Gasteiger partial charge on any atom is 0.162 e. The number of hydrogen-bond donors (Lipinski definition) is 0. The molecule has 0 radical (unpaired) electrons. The van der Waals surface area contributed by atoms with Crippen LogP contribution in [0.1, 0.15) is 5.56 Å². The summed E-state index contributed by atoms with van der Waals surface area (Å²) in [4.78, 5) is 13.8. The zero-order chi connectivity index (χ0) is 20.4. The Morgan fingerprint density at radius 1 is 1.00 bits per heavy atom. The fourth-order valence-electron chi connectivity index (χ4n) is 4.35. The lowest BCUT2D eigenvalue weighted by molar-refractivity contribution is 0.254. The maximum absolute atomic E-state index is 5.51. The topological polar surface area (TPSA) is 50.7 Å². The van der Waals surface area contributed by atoms with E-state index in [1.54, 1.807) is 20.5 Å². The van der Waals surface area contributed by atoms with Gasteiger partial charge in [0.25, 0.3) is 0 Å². The van der Waals surface area contributed by atoms with Crippen molar-refractivity contribution in [2.75, 3.05) is 46.3 Å². The van der Waals surface area contributed by atoms with Crippen molar-refractivity contribution in [1.29, 1.82) is 0 Å². The molecule has 0 spiro atoms. The summed E-state index contributed by atoms with van der Waals surface area (Å²) >= 11 is 0. The average Bonchev–Trinajstić information content (AvgIpc) is 3.16. The van der Waals surface area contributed by atoms with Gasteiger partial charge in [-0.05, 0) is 38.1 Å². The molecule has 0 amide bonds. The lowest BCUT2D eigenvalue weighted by Crippen LogP contribution is -2.36. The van der Waals surface area contributed by atoms with Crippen LogP contribution in [0.5, 0.6) is 11.5 Å². The highest BCUT2D eigenvalue weighted by Gasteiger charge is 2.35. The van der Waals surface area contributed by atoms with Crippen LogP contribution in [0.2, 0.25) is 0 Å². The van der Waals surface area contributed by atoms with E-state index in [9.17, 15) is 0 Å². The van der Waals surface area contributed by atoms with Crippen molar-refractivity contribution in [3.05, 3.63) is 54.4 Å². The molecule has 2 aromatic carbocycles. The van der Waals surface area contributed by atoms with Gasteiger partial charge in [-0.1, -0.05) is 30.3 Å². The van der Waals surface area contributed by atoms with Crippen LogP contribution in [0.15, 0.2) is 48.8 Å². The predicted octanol–water partition coefficient (Wildman–Crippen LogP) is 3.26. The molecule has 2 unspecified atom stereocenters. The Morgan fingerprint density at radius 2 is 1.72 bits per heavy atom. The number of aromatic nitrogens is 2. The number of hydrogen-bond acceptors (Lipinski definition) is 6. The molecule has 1 aliphatic rings. The van der Waals surface area contributed by atoms with E-state index in [2.05, 4.69) is 64.2 Å². The van der Waals surface area contributed by atoms with E-state index in [-0.39, 0.29) is 0 Å². The van der Waals surface area contributed by atoms with Gasteiger partial charge in [-0.3, -0.25) is 0 Å². The minimum Gasteiger partial charge on any atom is -0.493 e. The van der Waals surface area contributed by atoms with Crippen LogP contribution in [0.25, 0.3) is 10.9 Å². The second-order valence-electron chi connectivity index (χ2n) is 7.81. The highest BCUT2D eigenvalue weighted by molar-refractivity contribution is 5.92.